The first-order valence-corrected chi connectivity index (χ1v) is 11.1. The number of hydrogen-bond acceptors (Lipinski definition) is 5. The van der Waals surface area contributed by atoms with Crippen molar-refractivity contribution in [1.82, 2.24) is 5.32 Å². The first-order valence-electron chi connectivity index (χ1n) is 9.29. The Labute approximate surface area is 172 Å². The van der Waals surface area contributed by atoms with Crippen molar-refractivity contribution < 1.29 is 22.7 Å². The summed E-state index contributed by atoms with van der Waals surface area (Å²) in [6.07, 6.45) is 1.74. The maximum Gasteiger partial charge on any atom is 0.244 e. The van der Waals surface area contributed by atoms with Gasteiger partial charge in [-0.3, -0.25) is 9.10 Å². The molecule has 0 aliphatic rings. The highest BCUT2D eigenvalue weighted by atomic mass is 32.2. The quantitative estimate of drug-likeness (QED) is 0.674. The molecule has 0 heterocycles. The summed E-state index contributed by atoms with van der Waals surface area (Å²) in [4.78, 5) is 12.9. The molecule has 7 nitrogen and oxygen atoms in total. The molecule has 0 saturated heterocycles. The van der Waals surface area contributed by atoms with Crippen molar-refractivity contribution in [1.29, 1.82) is 0 Å². The van der Waals surface area contributed by atoms with Gasteiger partial charge in [0.1, 0.15) is 17.5 Å². The Hall–Kier alpha value is -2.74. The second-order valence-corrected chi connectivity index (χ2v) is 8.53. The highest BCUT2D eigenvalue weighted by molar-refractivity contribution is 7.92. The fourth-order valence-corrected chi connectivity index (χ4v) is 4.26. The van der Waals surface area contributed by atoms with Gasteiger partial charge in [0.15, 0.2) is 0 Å². The van der Waals surface area contributed by atoms with Crippen LogP contribution in [-0.4, -0.2) is 40.8 Å². The highest BCUT2D eigenvalue weighted by Crippen LogP contribution is 2.25. The molecule has 0 aliphatic carbocycles. The number of methoxy groups -OCH3 is 2. The number of hydrogen-bond donors (Lipinski definition) is 1. The van der Waals surface area contributed by atoms with E-state index in [2.05, 4.69) is 5.32 Å². The van der Waals surface area contributed by atoms with Gasteiger partial charge in [-0.1, -0.05) is 19.1 Å². The second kappa shape index (κ2) is 9.65. The summed E-state index contributed by atoms with van der Waals surface area (Å²) in [6, 6.07) is 12.8. The Bertz CT molecular complexity index is 911. The number of anilines is 1. The number of rotatable bonds is 9. The van der Waals surface area contributed by atoms with Crippen LogP contribution in [0.2, 0.25) is 0 Å². The van der Waals surface area contributed by atoms with Gasteiger partial charge in [-0.2, -0.15) is 0 Å². The molecule has 0 saturated carbocycles. The zero-order valence-corrected chi connectivity index (χ0v) is 18.2. The van der Waals surface area contributed by atoms with Crippen molar-refractivity contribution in [2.24, 2.45) is 0 Å². The lowest BCUT2D eigenvalue weighted by atomic mass is 10.0. The van der Waals surface area contributed by atoms with Gasteiger partial charge >= 0.3 is 0 Å². The minimum Gasteiger partial charge on any atom is -0.497 e. The monoisotopic (exact) mass is 420 g/mol. The fraction of sp³-hybridized carbons (Fsp3) is 0.381. The Morgan fingerprint density at radius 3 is 1.90 bits per heavy atom. The topological polar surface area (TPSA) is 84.9 Å². The highest BCUT2D eigenvalue weighted by Gasteiger charge is 2.30. The van der Waals surface area contributed by atoms with Crippen molar-refractivity contribution in [3.05, 3.63) is 54.1 Å². The van der Waals surface area contributed by atoms with E-state index in [-0.39, 0.29) is 11.9 Å². The first-order chi connectivity index (χ1) is 13.7. The van der Waals surface area contributed by atoms with E-state index in [1.165, 1.54) is 7.11 Å². The van der Waals surface area contributed by atoms with Gasteiger partial charge in [0.05, 0.1) is 32.2 Å². The van der Waals surface area contributed by atoms with Gasteiger partial charge in [0.2, 0.25) is 15.9 Å². The Morgan fingerprint density at radius 2 is 1.48 bits per heavy atom. The molecule has 0 aromatic heterocycles. The Kier molecular flexibility index (Phi) is 7.50. The summed E-state index contributed by atoms with van der Waals surface area (Å²) < 4.78 is 36.3. The predicted molar refractivity (Wildman–Crippen MR) is 114 cm³/mol. The summed E-state index contributed by atoms with van der Waals surface area (Å²) in [6.45, 7) is 3.53. The van der Waals surface area contributed by atoms with Crippen LogP contribution in [0.4, 0.5) is 5.69 Å². The molecule has 2 aromatic carbocycles. The van der Waals surface area contributed by atoms with E-state index in [0.29, 0.717) is 17.9 Å². The maximum atomic E-state index is 12.9. The third kappa shape index (κ3) is 5.63. The van der Waals surface area contributed by atoms with Crippen LogP contribution in [0.5, 0.6) is 11.5 Å². The lowest BCUT2D eigenvalue weighted by Gasteiger charge is -2.30. The smallest absolute Gasteiger partial charge is 0.244 e. The van der Waals surface area contributed by atoms with E-state index in [9.17, 15) is 13.2 Å². The molecule has 0 bridgehead atoms. The van der Waals surface area contributed by atoms with Gasteiger partial charge in [0, 0.05) is 0 Å². The molecule has 1 amide bonds. The fourth-order valence-electron chi connectivity index (χ4n) is 3.09. The normalized spacial score (nSPS) is 13.3. The number of sulfonamides is 1. The van der Waals surface area contributed by atoms with Gasteiger partial charge in [0.25, 0.3) is 0 Å². The number of carbonyl (C=O) groups excluding carboxylic acids is 1. The van der Waals surface area contributed by atoms with Crippen LogP contribution >= 0.6 is 0 Å². The number of carbonyl (C=O) groups is 1. The van der Waals surface area contributed by atoms with E-state index in [1.807, 2.05) is 31.2 Å². The van der Waals surface area contributed by atoms with Crippen molar-refractivity contribution >= 4 is 21.6 Å². The van der Waals surface area contributed by atoms with Crippen LogP contribution in [0, 0.1) is 0 Å². The minimum atomic E-state index is -3.68. The summed E-state index contributed by atoms with van der Waals surface area (Å²) in [5.41, 5.74) is 1.32. The molecule has 158 valence electrons. The molecule has 8 heteroatoms. The number of nitrogens with one attached hydrogen (secondary N) is 1. The van der Waals surface area contributed by atoms with Gasteiger partial charge in [-0.25, -0.2) is 8.42 Å². The molecule has 0 unspecified atom stereocenters. The molecular formula is C21H28N2O5S. The molecule has 0 fully saturated rings. The predicted octanol–water partition coefficient (Wildman–Crippen LogP) is 3.13. The second-order valence-electron chi connectivity index (χ2n) is 6.68. The van der Waals surface area contributed by atoms with E-state index in [0.717, 1.165) is 21.9 Å². The molecule has 2 aromatic rings. The van der Waals surface area contributed by atoms with Crippen molar-refractivity contribution in [2.75, 3.05) is 24.8 Å². The average Bonchev–Trinajstić information content (AvgIpc) is 2.71. The van der Waals surface area contributed by atoms with Crippen molar-refractivity contribution in [3.8, 4) is 11.5 Å². The van der Waals surface area contributed by atoms with Crippen LogP contribution in [0.1, 0.15) is 31.9 Å². The lowest BCUT2D eigenvalue weighted by molar-refractivity contribution is -0.122. The molecule has 1 N–H and O–H groups in total. The van der Waals surface area contributed by atoms with Crippen LogP contribution in [0.15, 0.2) is 48.5 Å². The molecule has 2 atom stereocenters. The summed E-state index contributed by atoms with van der Waals surface area (Å²) >= 11 is 0. The molecule has 2 rings (SSSR count). The zero-order valence-electron chi connectivity index (χ0n) is 17.4. The Balaban J connectivity index is 2.24. The standard InChI is InChI=1S/C21H28N2O5S/c1-6-20(16-7-11-18(27-3)12-8-16)22-21(24)15(2)23(29(5,25)26)17-9-13-19(28-4)14-10-17/h7-15,20H,6H2,1-5H3,(H,22,24)/t15-,20+/m1/s1. The van der Waals surface area contributed by atoms with E-state index in [1.54, 1.807) is 38.3 Å². The maximum absolute atomic E-state index is 12.9. The zero-order chi connectivity index (χ0) is 21.6. The lowest BCUT2D eigenvalue weighted by Crippen LogP contribution is -2.48. The third-order valence-corrected chi connectivity index (χ3v) is 5.90. The minimum absolute atomic E-state index is 0.242. The van der Waals surface area contributed by atoms with Crippen LogP contribution in [-0.2, 0) is 14.8 Å². The SMILES string of the molecule is CC[C@H](NC(=O)[C@@H](C)N(c1ccc(OC)cc1)S(C)(=O)=O)c1ccc(OC)cc1. The first kappa shape index (κ1) is 22.5. The molecule has 29 heavy (non-hydrogen) atoms. The number of benzene rings is 2. The van der Waals surface area contributed by atoms with E-state index < -0.39 is 16.1 Å². The summed E-state index contributed by atoms with van der Waals surface area (Å²) in [5, 5.41) is 2.95. The molecule has 0 radical (unpaired) electrons. The molecular weight excluding hydrogens is 392 g/mol. The Morgan fingerprint density at radius 1 is 1.00 bits per heavy atom. The summed E-state index contributed by atoms with van der Waals surface area (Å²) in [7, 11) is -0.560. The number of ether oxygens (including phenoxy) is 2. The van der Waals surface area contributed by atoms with Gasteiger partial charge in [-0.05, 0) is 55.3 Å². The number of nitrogens with zero attached hydrogens (tertiary/aromatic N) is 1. The number of amides is 1. The van der Waals surface area contributed by atoms with Crippen molar-refractivity contribution in [3.63, 3.8) is 0 Å². The van der Waals surface area contributed by atoms with Gasteiger partial charge < -0.3 is 14.8 Å². The molecule has 0 aliphatic heterocycles. The third-order valence-electron chi connectivity index (χ3n) is 4.66. The van der Waals surface area contributed by atoms with Crippen LogP contribution < -0.4 is 19.1 Å². The largest absolute Gasteiger partial charge is 0.497 e. The van der Waals surface area contributed by atoms with Crippen LogP contribution in [0.25, 0.3) is 0 Å². The summed E-state index contributed by atoms with van der Waals surface area (Å²) in [5.74, 6) is 0.949. The van der Waals surface area contributed by atoms with Gasteiger partial charge in [-0.15, -0.1) is 0 Å². The van der Waals surface area contributed by atoms with E-state index in [4.69, 9.17) is 9.47 Å². The molecule has 0 spiro atoms. The van der Waals surface area contributed by atoms with E-state index >= 15 is 0 Å². The van der Waals surface area contributed by atoms with Crippen molar-refractivity contribution in [2.45, 2.75) is 32.4 Å². The average molecular weight is 421 g/mol. The van der Waals surface area contributed by atoms with Crippen LogP contribution in [0.3, 0.4) is 0 Å².